The second-order valence-electron chi connectivity index (χ2n) is 6.25. The third-order valence-electron chi connectivity index (χ3n) is 4.51. The van der Waals surface area contributed by atoms with E-state index < -0.39 is 11.9 Å². The average Bonchev–Trinajstić information content (AvgIpc) is 3.33. The molecule has 0 N–H and O–H groups in total. The van der Waals surface area contributed by atoms with Crippen LogP contribution in [-0.4, -0.2) is 14.8 Å². The molecule has 8 heteroatoms. The normalized spacial score (nSPS) is 13.0. The molecule has 0 spiro atoms. The number of hydrogen-bond acceptors (Lipinski definition) is 4. The van der Waals surface area contributed by atoms with Gasteiger partial charge in [0, 0.05) is 22.1 Å². The minimum absolute atomic E-state index is 0.0302. The molecule has 0 radical (unpaired) electrons. The highest BCUT2D eigenvalue weighted by molar-refractivity contribution is 7.12. The lowest BCUT2D eigenvalue weighted by Gasteiger charge is -2.19. The van der Waals surface area contributed by atoms with Crippen LogP contribution < -0.4 is 4.74 Å². The molecule has 4 aromatic rings. The molecule has 0 saturated heterocycles. The van der Waals surface area contributed by atoms with Gasteiger partial charge in [0.05, 0.1) is 11.4 Å². The molecule has 0 saturated carbocycles. The van der Waals surface area contributed by atoms with E-state index in [0.717, 1.165) is 5.56 Å². The molecule has 1 aliphatic heterocycles. The Morgan fingerprint density at radius 2 is 1.75 bits per heavy atom. The van der Waals surface area contributed by atoms with Gasteiger partial charge in [0.1, 0.15) is 12.4 Å². The lowest BCUT2D eigenvalue weighted by Crippen LogP contribution is -2.12. The Kier molecular flexibility index (Phi) is 3.77. The van der Waals surface area contributed by atoms with Gasteiger partial charge in [-0.05, 0) is 12.1 Å². The zero-order valence-electron chi connectivity index (χ0n) is 14.3. The maximum absolute atomic E-state index is 13.6. The topological polar surface area (TPSA) is 39.9 Å². The van der Waals surface area contributed by atoms with Crippen LogP contribution in [0.2, 0.25) is 0 Å². The Balaban J connectivity index is 1.71. The summed E-state index contributed by atoms with van der Waals surface area (Å²) in [6.07, 6.45) is -4.58. The van der Waals surface area contributed by atoms with Gasteiger partial charge in [0.25, 0.3) is 0 Å². The van der Waals surface area contributed by atoms with Crippen LogP contribution in [0.25, 0.3) is 27.6 Å². The van der Waals surface area contributed by atoms with E-state index in [1.165, 1.54) is 16.0 Å². The summed E-state index contributed by atoms with van der Waals surface area (Å²) in [6, 6.07) is 16.5. The first kappa shape index (κ1) is 17.0. The fourth-order valence-corrected chi connectivity index (χ4v) is 4.06. The van der Waals surface area contributed by atoms with E-state index in [1.807, 2.05) is 35.7 Å². The molecule has 0 bridgehead atoms. The molecule has 0 fully saturated rings. The molecule has 0 atom stereocenters. The Morgan fingerprint density at radius 3 is 2.54 bits per heavy atom. The summed E-state index contributed by atoms with van der Waals surface area (Å²) < 4.78 is 47.6. The number of benzene rings is 2. The van der Waals surface area contributed by atoms with Crippen molar-refractivity contribution in [3.63, 3.8) is 0 Å². The first-order chi connectivity index (χ1) is 13.5. The molecule has 2 aromatic heterocycles. The number of alkyl halides is 3. The Labute approximate surface area is 161 Å². The molecule has 0 unspecified atom stereocenters. The van der Waals surface area contributed by atoms with E-state index in [-0.39, 0.29) is 12.2 Å². The summed E-state index contributed by atoms with van der Waals surface area (Å²) in [6.45, 7) is -0.182. The summed E-state index contributed by atoms with van der Waals surface area (Å²) in [5.41, 5.74) is 1.63. The SMILES string of the molecule is FC(F)(F)c1nn(-c2nc(-c3ccccc3)cs2)c2c1COc1ccccc1-2. The number of thiazole rings is 1. The highest BCUT2D eigenvalue weighted by atomic mass is 32.1. The molecule has 5 rings (SSSR count). The summed E-state index contributed by atoms with van der Waals surface area (Å²) in [7, 11) is 0. The van der Waals surface area contributed by atoms with Gasteiger partial charge >= 0.3 is 6.18 Å². The van der Waals surface area contributed by atoms with Gasteiger partial charge in [-0.15, -0.1) is 11.3 Å². The van der Waals surface area contributed by atoms with Crippen molar-refractivity contribution in [1.29, 1.82) is 0 Å². The van der Waals surface area contributed by atoms with Crippen molar-refractivity contribution in [3.8, 4) is 33.4 Å². The van der Waals surface area contributed by atoms with Crippen LogP contribution in [0.3, 0.4) is 0 Å². The second-order valence-corrected chi connectivity index (χ2v) is 7.09. The first-order valence-electron chi connectivity index (χ1n) is 8.45. The van der Waals surface area contributed by atoms with Crippen molar-refractivity contribution in [2.45, 2.75) is 12.8 Å². The zero-order chi connectivity index (χ0) is 19.3. The van der Waals surface area contributed by atoms with Crippen LogP contribution in [-0.2, 0) is 12.8 Å². The summed E-state index contributed by atoms with van der Waals surface area (Å²) >= 11 is 1.25. The number of rotatable bonds is 2. The summed E-state index contributed by atoms with van der Waals surface area (Å²) in [5, 5.41) is 6.09. The van der Waals surface area contributed by atoms with Gasteiger partial charge < -0.3 is 4.74 Å². The minimum Gasteiger partial charge on any atom is -0.488 e. The van der Waals surface area contributed by atoms with Gasteiger partial charge in [0.2, 0.25) is 5.13 Å². The number of ether oxygens (including phenoxy) is 1. The fourth-order valence-electron chi connectivity index (χ4n) is 3.27. The minimum atomic E-state index is -4.58. The average molecular weight is 399 g/mol. The molecular weight excluding hydrogens is 387 g/mol. The Hall–Kier alpha value is -3.13. The van der Waals surface area contributed by atoms with Crippen LogP contribution in [0.1, 0.15) is 11.3 Å². The molecule has 3 heterocycles. The molecule has 140 valence electrons. The van der Waals surface area contributed by atoms with E-state index in [4.69, 9.17) is 4.74 Å². The molecule has 0 amide bonds. The maximum atomic E-state index is 13.6. The third kappa shape index (κ3) is 2.68. The van der Waals surface area contributed by atoms with E-state index >= 15 is 0 Å². The van der Waals surface area contributed by atoms with Gasteiger partial charge in [-0.1, -0.05) is 42.5 Å². The van der Waals surface area contributed by atoms with Crippen LogP contribution >= 0.6 is 11.3 Å². The van der Waals surface area contributed by atoms with Crippen LogP contribution in [0.5, 0.6) is 5.75 Å². The molecule has 0 aliphatic carbocycles. The third-order valence-corrected chi connectivity index (χ3v) is 5.33. The van der Waals surface area contributed by atoms with Gasteiger partial charge in [-0.25, -0.2) is 9.67 Å². The van der Waals surface area contributed by atoms with Crippen LogP contribution in [0.15, 0.2) is 60.0 Å². The predicted molar refractivity (Wildman–Crippen MR) is 99.4 cm³/mol. The zero-order valence-corrected chi connectivity index (χ0v) is 15.1. The molecule has 4 nitrogen and oxygen atoms in total. The fraction of sp³-hybridized carbons (Fsp3) is 0.100. The highest BCUT2D eigenvalue weighted by Gasteiger charge is 2.41. The maximum Gasteiger partial charge on any atom is 0.435 e. The number of aromatic nitrogens is 3. The van der Waals surface area contributed by atoms with E-state index in [0.29, 0.717) is 27.8 Å². The highest BCUT2D eigenvalue weighted by Crippen LogP contribution is 2.44. The molecule has 1 aliphatic rings. The van der Waals surface area contributed by atoms with Gasteiger partial charge in [-0.3, -0.25) is 0 Å². The summed E-state index contributed by atoms with van der Waals surface area (Å²) in [4.78, 5) is 4.54. The molecular formula is C20H12F3N3OS. The predicted octanol–water partition coefficient (Wildman–Crippen LogP) is 5.57. The molecule has 28 heavy (non-hydrogen) atoms. The number of nitrogens with zero attached hydrogens (tertiary/aromatic N) is 3. The van der Waals surface area contributed by atoms with Crippen molar-refractivity contribution >= 4 is 11.3 Å². The van der Waals surface area contributed by atoms with E-state index in [9.17, 15) is 13.2 Å². The van der Waals surface area contributed by atoms with Crippen molar-refractivity contribution in [2.24, 2.45) is 0 Å². The number of hydrogen-bond donors (Lipinski definition) is 0. The Morgan fingerprint density at radius 1 is 1.00 bits per heavy atom. The monoisotopic (exact) mass is 399 g/mol. The molecule has 2 aromatic carbocycles. The number of para-hydroxylation sites is 1. The van der Waals surface area contributed by atoms with Crippen molar-refractivity contribution < 1.29 is 17.9 Å². The summed E-state index contributed by atoms with van der Waals surface area (Å²) in [5.74, 6) is 0.532. The quantitative estimate of drug-likeness (QED) is 0.442. The van der Waals surface area contributed by atoms with Crippen LogP contribution in [0, 0.1) is 0 Å². The number of fused-ring (bicyclic) bond motifs is 3. The van der Waals surface area contributed by atoms with Crippen LogP contribution in [0.4, 0.5) is 13.2 Å². The Bertz CT molecular complexity index is 1170. The second kappa shape index (κ2) is 6.20. The van der Waals surface area contributed by atoms with Crippen molar-refractivity contribution in [1.82, 2.24) is 14.8 Å². The van der Waals surface area contributed by atoms with E-state index in [2.05, 4.69) is 10.1 Å². The van der Waals surface area contributed by atoms with Gasteiger partial charge in [-0.2, -0.15) is 18.3 Å². The largest absolute Gasteiger partial charge is 0.488 e. The first-order valence-corrected chi connectivity index (χ1v) is 9.33. The van der Waals surface area contributed by atoms with Gasteiger partial charge in [0.15, 0.2) is 5.69 Å². The number of halogens is 3. The standard InChI is InChI=1S/C20H12F3N3OS/c21-20(22,23)18-14-10-27-16-9-5-4-8-13(16)17(14)26(25-18)19-24-15(11-28-19)12-6-2-1-3-7-12/h1-9,11H,10H2. The van der Waals surface area contributed by atoms with Crippen molar-refractivity contribution in [3.05, 3.63) is 71.2 Å². The van der Waals surface area contributed by atoms with E-state index in [1.54, 1.807) is 24.3 Å². The smallest absolute Gasteiger partial charge is 0.435 e. The lowest BCUT2D eigenvalue weighted by molar-refractivity contribution is -0.142. The van der Waals surface area contributed by atoms with Crippen molar-refractivity contribution in [2.75, 3.05) is 0 Å². The lowest BCUT2D eigenvalue weighted by atomic mass is 10.0.